The molecule has 0 aliphatic heterocycles. The molecular formula is C16H27N3O2S. The molecule has 0 heterocycles. The number of rotatable bonds is 7. The van der Waals surface area contributed by atoms with Gasteiger partial charge in [0.25, 0.3) is 0 Å². The predicted octanol–water partition coefficient (Wildman–Crippen LogP) is 2.06. The molecule has 0 amide bonds. The Balaban J connectivity index is 2.67. The van der Waals surface area contributed by atoms with E-state index in [1.807, 2.05) is 6.92 Å². The van der Waals surface area contributed by atoms with Gasteiger partial charge >= 0.3 is 0 Å². The Morgan fingerprint density at radius 3 is 2.36 bits per heavy atom. The van der Waals surface area contributed by atoms with Crippen LogP contribution in [0.2, 0.25) is 0 Å². The fourth-order valence-corrected chi connectivity index (χ4v) is 2.86. The molecule has 0 saturated carbocycles. The first-order chi connectivity index (χ1) is 10.4. The third-order valence-electron chi connectivity index (χ3n) is 3.44. The summed E-state index contributed by atoms with van der Waals surface area (Å²) < 4.78 is 24.4. The Morgan fingerprint density at radius 1 is 1.18 bits per heavy atom. The molecule has 0 aromatic heterocycles. The van der Waals surface area contributed by atoms with Crippen molar-refractivity contribution >= 4 is 15.8 Å². The van der Waals surface area contributed by atoms with Crippen molar-refractivity contribution in [2.24, 2.45) is 10.9 Å². The van der Waals surface area contributed by atoms with E-state index in [0.717, 1.165) is 6.54 Å². The highest BCUT2D eigenvalue weighted by molar-refractivity contribution is 7.91. The third kappa shape index (κ3) is 6.05. The quantitative estimate of drug-likeness (QED) is 0.595. The summed E-state index contributed by atoms with van der Waals surface area (Å²) in [5, 5.41) is 6.43. The molecule has 0 fully saturated rings. The van der Waals surface area contributed by atoms with E-state index in [1.165, 1.54) is 0 Å². The zero-order chi connectivity index (χ0) is 16.6. The van der Waals surface area contributed by atoms with Crippen molar-refractivity contribution < 1.29 is 8.42 Å². The second kappa shape index (κ2) is 8.78. The second-order valence-corrected chi connectivity index (χ2v) is 7.68. The zero-order valence-corrected chi connectivity index (χ0v) is 14.7. The molecule has 0 saturated heterocycles. The normalized spacial score (nSPS) is 14.0. The van der Waals surface area contributed by atoms with E-state index in [0.29, 0.717) is 16.8 Å². The molecule has 2 N–H and O–H groups in total. The summed E-state index contributed by atoms with van der Waals surface area (Å²) in [7, 11) is -3.28. The van der Waals surface area contributed by atoms with E-state index in [4.69, 9.17) is 0 Å². The van der Waals surface area contributed by atoms with Gasteiger partial charge in [0, 0.05) is 12.6 Å². The van der Waals surface area contributed by atoms with Crippen molar-refractivity contribution in [2.45, 2.75) is 38.6 Å². The molecule has 1 atom stereocenters. The fraction of sp³-hybridized carbons (Fsp3) is 0.562. The lowest BCUT2D eigenvalue weighted by molar-refractivity contribution is 0.481. The summed E-state index contributed by atoms with van der Waals surface area (Å²) in [5.74, 6) is 1.13. The van der Waals surface area contributed by atoms with E-state index < -0.39 is 9.84 Å². The second-order valence-electron chi connectivity index (χ2n) is 5.57. The topological polar surface area (TPSA) is 70.6 Å². The molecule has 6 heteroatoms. The van der Waals surface area contributed by atoms with Crippen molar-refractivity contribution in [1.29, 1.82) is 0 Å². The number of nitrogens with zero attached hydrogens (tertiary/aromatic N) is 1. The van der Waals surface area contributed by atoms with E-state index in [9.17, 15) is 8.42 Å². The molecule has 0 aliphatic carbocycles. The lowest BCUT2D eigenvalue weighted by Gasteiger charge is -2.20. The van der Waals surface area contributed by atoms with Gasteiger partial charge in [-0.05, 0) is 31.9 Å². The molecule has 0 aliphatic rings. The smallest absolute Gasteiger partial charge is 0.191 e. The standard InChI is InChI=1S/C16H27N3O2S/c1-5-17-16(19-14(4)13(2)3)18-11-12-22(20,21)15-9-7-6-8-10-15/h6-10,13-14H,5,11-12H2,1-4H3,(H2,17,18,19). The van der Waals surface area contributed by atoms with Gasteiger partial charge < -0.3 is 10.6 Å². The minimum absolute atomic E-state index is 0.00362. The molecule has 124 valence electrons. The van der Waals surface area contributed by atoms with Crippen molar-refractivity contribution in [3.05, 3.63) is 30.3 Å². The van der Waals surface area contributed by atoms with Crippen LogP contribution in [0.15, 0.2) is 40.2 Å². The first kappa shape index (κ1) is 18.5. The molecule has 1 rings (SSSR count). The van der Waals surface area contributed by atoms with Crippen LogP contribution in [0.25, 0.3) is 0 Å². The van der Waals surface area contributed by atoms with Gasteiger partial charge in [-0.25, -0.2) is 8.42 Å². The molecule has 0 spiro atoms. The summed E-state index contributed by atoms with van der Waals surface area (Å²) in [6, 6.07) is 8.76. The van der Waals surface area contributed by atoms with E-state index in [2.05, 4.69) is 36.4 Å². The SMILES string of the molecule is CCNC(=NCCS(=O)(=O)c1ccccc1)NC(C)C(C)C. The van der Waals surface area contributed by atoms with Crippen LogP contribution in [-0.2, 0) is 9.84 Å². The van der Waals surface area contributed by atoms with Crippen molar-refractivity contribution in [2.75, 3.05) is 18.8 Å². The van der Waals surface area contributed by atoms with Crippen molar-refractivity contribution in [3.8, 4) is 0 Å². The summed E-state index contributed by atoms with van der Waals surface area (Å²) in [6.07, 6.45) is 0. The monoisotopic (exact) mass is 325 g/mol. The first-order valence-electron chi connectivity index (χ1n) is 7.69. The van der Waals surface area contributed by atoms with Gasteiger partial charge in [0.1, 0.15) is 0 Å². The van der Waals surface area contributed by atoms with Crippen LogP contribution in [0.1, 0.15) is 27.7 Å². The lowest BCUT2D eigenvalue weighted by atomic mass is 10.1. The van der Waals surface area contributed by atoms with Gasteiger partial charge in [0.2, 0.25) is 0 Å². The van der Waals surface area contributed by atoms with Crippen LogP contribution in [0.3, 0.4) is 0 Å². The summed E-state index contributed by atoms with van der Waals surface area (Å²) in [5.41, 5.74) is 0. The highest BCUT2D eigenvalue weighted by Gasteiger charge is 2.14. The van der Waals surface area contributed by atoms with Crippen LogP contribution < -0.4 is 10.6 Å². The van der Waals surface area contributed by atoms with Gasteiger partial charge in [-0.3, -0.25) is 4.99 Å². The summed E-state index contributed by atoms with van der Waals surface area (Å²) >= 11 is 0. The van der Waals surface area contributed by atoms with Gasteiger partial charge in [-0.15, -0.1) is 0 Å². The maximum absolute atomic E-state index is 12.2. The molecule has 1 aromatic rings. The minimum Gasteiger partial charge on any atom is -0.357 e. The maximum atomic E-state index is 12.2. The number of sulfone groups is 1. The average Bonchev–Trinajstić information content (AvgIpc) is 2.48. The van der Waals surface area contributed by atoms with Crippen LogP contribution in [0, 0.1) is 5.92 Å². The Morgan fingerprint density at radius 2 is 1.82 bits per heavy atom. The van der Waals surface area contributed by atoms with Gasteiger partial charge in [0.05, 0.1) is 17.2 Å². The number of aliphatic imine (C=N–C) groups is 1. The molecule has 5 nitrogen and oxygen atoms in total. The molecule has 0 bridgehead atoms. The average molecular weight is 325 g/mol. The van der Waals surface area contributed by atoms with E-state index in [1.54, 1.807) is 30.3 Å². The third-order valence-corrected chi connectivity index (χ3v) is 5.15. The Bertz CT molecular complexity index is 568. The number of benzene rings is 1. The van der Waals surface area contributed by atoms with Crippen LogP contribution >= 0.6 is 0 Å². The number of hydrogen-bond donors (Lipinski definition) is 2. The zero-order valence-electron chi connectivity index (χ0n) is 13.8. The Kier molecular flexibility index (Phi) is 7.38. The van der Waals surface area contributed by atoms with Crippen LogP contribution in [-0.4, -0.2) is 39.3 Å². The molecular weight excluding hydrogens is 298 g/mol. The predicted molar refractivity (Wildman–Crippen MR) is 91.9 cm³/mol. The van der Waals surface area contributed by atoms with E-state index in [-0.39, 0.29) is 18.3 Å². The summed E-state index contributed by atoms with van der Waals surface area (Å²) in [4.78, 5) is 4.71. The van der Waals surface area contributed by atoms with E-state index >= 15 is 0 Å². The molecule has 0 radical (unpaired) electrons. The van der Waals surface area contributed by atoms with Crippen LogP contribution in [0.4, 0.5) is 0 Å². The fourth-order valence-electron chi connectivity index (χ4n) is 1.73. The Labute approximate surface area is 134 Å². The number of guanidine groups is 1. The largest absolute Gasteiger partial charge is 0.357 e. The summed E-state index contributed by atoms with van der Waals surface area (Å²) in [6.45, 7) is 9.29. The van der Waals surface area contributed by atoms with Crippen molar-refractivity contribution in [1.82, 2.24) is 10.6 Å². The number of nitrogens with one attached hydrogen (secondary N) is 2. The van der Waals surface area contributed by atoms with Crippen molar-refractivity contribution in [3.63, 3.8) is 0 Å². The molecule has 1 unspecified atom stereocenters. The van der Waals surface area contributed by atoms with Gasteiger partial charge in [-0.1, -0.05) is 32.0 Å². The molecule has 22 heavy (non-hydrogen) atoms. The van der Waals surface area contributed by atoms with Gasteiger partial charge in [-0.2, -0.15) is 0 Å². The highest BCUT2D eigenvalue weighted by Crippen LogP contribution is 2.09. The lowest BCUT2D eigenvalue weighted by Crippen LogP contribution is -2.44. The van der Waals surface area contributed by atoms with Crippen LogP contribution in [0.5, 0.6) is 0 Å². The number of hydrogen-bond acceptors (Lipinski definition) is 3. The first-order valence-corrected chi connectivity index (χ1v) is 9.34. The maximum Gasteiger partial charge on any atom is 0.191 e. The Hall–Kier alpha value is -1.56. The minimum atomic E-state index is -3.28. The highest BCUT2D eigenvalue weighted by atomic mass is 32.2. The molecule has 1 aromatic carbocycles. The van der Waals surface area contributed by atoms with Gasteiger partial charge in [0.15, 0.2) is 15.8 Å².